The molecule has 124 valence electrons. The van der Waals surface area contributed by atoms with Crippen LogP contribution in [0, 0.1) is 13.8 Å². The fraction of sp³-hybridized carbons (Fsp3) is 0.333. The van der Waals surface area contributed by atoms with Crippen LogP contribution in [0.4, 0.5) is 5.69 Å². The van der Waals surface area contributed by atoms with Crippen molar-refractivity contribution < 1.29 is 9.59 Å². The van der Waals surface area contributed by atoms with Gasteiger partial charge in [0, 0.05) is 30.6 Å². The third-order valence-corrected chi connectivity index (χ3v) is 4.67. The summed E-state index contributed by atoms with van der Waals surface area (Å²) in [4.78, 5) is 26.9. The van der Waals surface area contributed by atoms with Crippen LogP contribution in [0.1, 0.15) is 46.3 Å². The molecule has 0 aromatic heterocycles. The van der Waals surface area contributed by atoms with Crippen LogP contribution in [-0.2, 0) is 11.2 Å². The molecule has 2 aromatic rings. The zero-order chi connectivity index (χ0) is 17.1. The second kappa shape index (κ2) is 7.00. The monoisotopic (exact) mass is 321 g/mol. The highest BCUT2D eigenvalue weighted by atomic mass is 16.2. The molecule has 24 heavy (non-hydrogen) atoms. The maximum Gasteiger partial charge on any atom is 0.227 e. The van der Waals surface area contributed by atoms with Crippen LogP contribution < -0.4 is 4.90 Å². The third-order valence-electron chi connectivity index (χ3n) is 4.67. The molecule has 0 atom stereocenters. The van der Waals surface area contributed by atoms with Gasteiger partial charge in [0.2, 0.25) is 5.91 Å². The summed E-state index contributed by atoms with van der Waals surface area (Å²) in [7, 11) is 0. The number of hydrogen-bond donors (Lipinski definition) is 0. The van der Waals surface area contributed by atoms with Gasteiger partial charge in [-0.2, -0.15) is 0 Å². The molecular formula is C21H23NO2. The molecule has 2 aromatic carbocycles. The van der Waals surface area contributed by atoms with Crippen LogP contribution in [0.3, 0.4) is 0 Å². The van der Waals surface area contributed by atoms with Crippen molar-refractivity contribution in [3.8, 4) is 0 Å². The fourth-order valence-corrected chi connectivity index (χ4v) is 3.32. The minimum Gasteiger partial charge on any atom is -0.312 e. The van der Waals surface area contributed by atoms with Crippen molar-refractivity contribution in [2.24, 2.45) is 0 Å². The van der Waals surface area contributed by atoms with E-state index in [2.05, 4.69) is 6.07 Å². The van der Waals surface area contributed by atoms with Crippen molar-refractivity contribution >= 4 is 17.4 Å². The molecular weight excluding hydrogens is 298 g/mol. The summed E-state index contributed by atoms with van der Waals surface area (Å²) in [5, 5.41) is 0. The predicted molar refractivity (Wildman–Crippen MR) is 96.6 cm³/mol. The van der Waals surface area contributed by atoms with E-state index in [4.69, 9.17) is 0 Å². The maximum absolute atomic E-state index is 12.6. The number of rotatable bonds is 4. The molecule has 3 nitrogen and oxygen atoms in total. The van der Waals surface area contributed by atoms with Gasteiger partial charge >= 0.3 is 0 Å². The number of nitrogens with zero attached hydrogens (tertiary/aromatic N) is 1. The van der Waals surface area contributed by atoms with Gasteiger partial charge in [-0.25, -0.2) is 0 Å². The van der Waals surface area contributed by atoms with E-state index in [0.29, 0.717) is 0 Å². The van der Waals surface area contributed by atoms with Crippen molar-refractivity contribution in [1.29, 1.82) is 0 Å². The summed E-state index contributed by atoms with van der Waals surface area (Å²) < 4.78 is 0. The van der Waals surface area contributed by atoms with E-state index in [9.17, 15) is 9.59 Å². The first-order valence-corrected chi connectivity index (χ1v) is 8.55. The van der Waals surface area contributed by atoms with Gasteiger partial charge < -0.3 is 4.90 Å². The lowest BCUT2D eigenvalue weighted by Gasteiger charge is -2.29. The maximum atomic E-state index is 12.6. The van der Waals surface area contributed by atoms with E-state index in [1.807, 2.05) is 55.1 Å². The van der Waals surface area contributed by atoms with Crippen molar-refractivity contribution in [2.75, 3.05) is 11.4 Å². The lowest BCUT2D eigenvalue weighted by Crippen LogP contribution is -2.35. The van der Waals surface area contributed by atoms with E-state index in [1.165, 1.54) is 5.56 Å². The van der Waals surface area contributed by atoms with E-state index < -0.39 is 0 Å². The minimum atomic E-state index is 0.0424. The second-order valence-electron chi connectivity index (χ2n) is 6.52. The summed E-state index contributed by atoms with van der Waals surface area (Å²) in [6, 6.07) is 13.9. The predicted octanol–water partition coefficient (Wildman–Crippen LogP) is 4.25. The first-order valence-electron chi connectivity index (χ1n) is 8.55. The van der Waals surface area contributed by atoms with E-state index >= 15 is 0 Å². The number of carbonyl (C=O) groups excluding carboxylic acids is 2. The Bertz CT molecular complexity index is 779. The number of carbonyl (C=O) groups is 2. The average Bonchev–Trinajstić information content (AvgIpc) is 2.61. The number of fused-ring (bicyclic) bond motifs is 1. The van der Waals surface area contributed by atoms with Crippen molar-refractivity contribution in [1.82, 2.24) is 0 Å². The molecule has 1 aliphatic rings. The van der Waals surface area contributed by atoms with Gasteiger partial charge in [0.1, 0.15) is 0 Å². The molecule has 0 spiro atoms. The minimum absolute atomic E-state index is 0.0424. The Labute approximate surface area is 143 Å². The Hall–Kier alpha value is -2.42. The highest BCUT2D eigenvalue weighted by Gasteiger charge is 2.22. The smallest absolute Gasteiger partial charge is 0.227 e. The standard InChI is InChI=1S/C21H23NO2/c1-15-9-10-16(2)18(14-15)20(23)11-12-21(24)22-13-5-7-17-6-3-4-8-19(17)22/h3-4,6,8-10,14H,5,7,11-13H2,1-2H3. The fourth-order valence-electron chi connectivity index (χ4n) is 3.32. The molecule has 1 heterocycles. The zero-order valence-corrected chi connectivity index (χ0v) is 14.3. The van der Waals surface area contributed by atoms with Crippen LogP contribution in [0.15, 0.2) is 42.5 Å². The molecule has 1 aliphatic heterocycles. The van der Waals surface area contributed by atoms with Gasteiger partial charge in [0.15, 0.2) is 5.78 Å². The molecule has 3 rings (SSSR count). The quantitative estimate of drug-likeness (QED) is 0.790. The summed E-state index contributed by atoms with van der Waals surface area (Å²) in [5.41, 5.74) is 5.01. The van der Waals surface area contributed by atoms with Crippen LogP contribution in [0.5, 0.6) is 0 Å². The number of Topliss-reactive ketones (excluding diaryl/α,β-unsaturated/α-hetero) is 1. The Balaban J connectivity index is 1.68. The number of benzene rings is 2. The van der Waals surface area contributed by atoms with Crippen LogP contribution in [-0.4, -0.2) is 18.2 Å². The van der Waals surface area contributed by atoms with E-state index in [-0.39, 0.29) is 24.5 Å². The number of ketones is 1. The van der Waals surface area contributed by atoms with Gasteiger partial charge in [-0.3, -0.25) is 9.59 Å². The highest BCUT2D eigenvalue weighted by Crippen LogP contribution is 2.27. The molecule has 1 amide bonds. The molecule has 3 heteroatoms. The topological polar surface area (TPSA) is 37.4 Å². The first kappa shape index (κ1) is 16.4. The lowest BCUT2D eigenvalue weighted by molar-refractivity contribution is -0.118. The summed E-state index contributed by atoms with van der Waals surface area (Å²) in [5.74, 6) is 0.0932. The van der Waals surface area contributed by atoms with Crippen LogP contribution >= 0.6 is 0 Å². The molecule has 0 radical (unpaired) electrons. The SMILES string of the molecule is Cc1ccc(C)c(C(=O)CCC(=O)N2CCCc3ccccc32)c1. The zero-order valence-electron chi connectivity index (χ0n) is 14.3. The Kier molecular flexibility index (Phi) is 4.79. The van der Waals surface area contributed by atoms with Crippen molar-refractivity contribution in [3.63, 3.8) is 0 Å². The average molecular weight is 321 g/mol. The van der Waals surface area contributed by atoms with Crippen LogP contribution in [0.2, 0.25) is 0 Å². The summed E-state index contributed by atoms with van der Waals surface area (Å²) >= 11 is 0. The number of hydrogen-bond acceptors (Lipinski definition) is 2. The molecule has 0 fully saturated rings. The van der Waals surface area contributed by atoms with Gasteiger partial charge in [-0.15, -0.1) is 0 Å². The molecule has 0 aliphatic carbocycles. The molecule has 0 saturated carbocycles. The Morgan fingerprint density at radius 2 is 1.83 bits per heavy atom. The molecule has 0 N–H and O–H groups in total. The number of aryl methyl sites for hydroxylation is 3. The van der Waals surface area contributed by atoms with Crippen molar-refractivity contribution in [3.05, 3.63) is 64.7 Å². The lowest BCUT2D eigenvalue weighted by atomic mass is 9.98. The second-order valence-corrected chi connectivity index (χ2v) is 6.52. The highest BCUT2D eigenvalue weighted by molar-refractivity contribution is 6.02. The Morgan fingerprint density at radius 1 is 1.04 bits per heavy atom. The number of anilines is 1. The van der Waals surface area contributed by atoms with Gasteiger partial charge in [0.05, 0.1) is 0 Å². The summed E-state index contributed by atoms with van der Waals surface area (Å²) in [6.45, 7) is 4.66. The number of para-hydroxylation sites is 1. The first-order chi connectivity index (χ1) is 11.6. The molecule has 0 saturated heterocycles. The third kappa shape index (κ3) is 3.40. The molecule has 0 unspecified atom stereocenters. The van der Waals surface area contributed by atoms with E-state index in [1.54, 1.807) is 0 Å². The summed E-state index contributed by atoms with van der Waals surface area (Å²) in [6.07, 6.45) is 2.53. The van der Waals surface area contributed by atoms with Gasteiger partial charge in [-0.05, 0) is 49.9 Å². The van der Waals surface area contributed by atoms with E-state index in [0.717, 1.165) is 41.8 Å². The number of amides is 1. The molecule has 0 bridgehead atoms. The largest absolute Gasteiger partial charge is 0.312 e. The van der Waals surface area contributed by atoms with Gasteiger partial charge in [-0.1, -0.05) is 35.9 Å². The van der Waals surface area contributed by atoms with Crippen molar-refractivity contribution in [2.45, 2.75) is 39.5 Å². The Morgan fingerprint density at radius 3 is 2.67 bits per heavy atom. The normalized spacial score (nSPS) is 13.5. The van der Waals surface area contributed by atoms with Crippen LogP contribution in [0.25, 0.3) is 0 Å². The van der Waals surface area contributed by atoms with Gasteiger partial charge in [0.25, 0.3) is 0 Å².